The number of aromatic carboxylic acids is 1. The van der Waals surface area contributed by atoms with E-state index in [1.165, 1.54) is 20.3 Å². The molecule has 1 N–H and O–H groups in total. The lowest BCUT2D eigenvalue weighted by molar-refractivity contribution is 0.0697. The Morgan fingerprint density at radius 3 is 2.16 bits per heavy atom. The van der Waals surface area contributed by atoms with Crippen LogP contribution in [-0.4, -0.2) is 40.2 Å². The van der Waals surface area contributed by atoms with Gasteiger partial charge in [0.05, 0.1) is 19.8 Å². The van der Waals surface area contributed by atoms with Crippen LogP contribution in [-0.2, 0) is 0 Å². The summed E-state index contributed by atoms with van der Waals surface area (Å²) in [7, 11) is 2.81. The second kappa shape index (κ2) is 5.30. The van der Waals surface area contributed by atoms with E-state index in [9.17, 15) is 4.79 Å². The fourth-order valence-corrected chi connectivity index (χ4v) is 1.51. The Hall–Kier alpha value is -2.70. The van der Waals surface area contributed by atoms with Crippen LogP contribution >= 0.6 is 0 Å². The Kier molecular flexibility index (Phi) is 3.56. The first-order chi connectivity index (χ1) is 9.15. The molecule has 0 radical (unpaired) electrons. The van der Waals surface area contributed by atoms with Crippen LogP contribution < -0.4 is 9.47 Å². The number of rotatable bonds is 4. The Morgan fingerprint density at radius 2 is 1.63 bits per heavy atom. The summed E-state index contributed by atoms with van der Waals surface area (Å²) < 4.78 is 9.86. The summed E-state index contributed by atoms with van der Waals surface area (Å²) in [6.45, 7) is 0. The van der Waals surface area contributed by atoms with Crippen molar-refractivity contribution in [2.75, 3.05) is 14.2 Å². The lowest BCUT2D eigenvalue weighted by Gasteiger charge is -2.07. The standard InChI is InChI=1S/C12H11N3O4/c1-18-11-13-9(14-12(15-11)19-2)7-5-3-4-6-8(7)10(16)17/h3-6H,1-2H3,(H,16,17). The van der Waals surface area contributed by atoms with Gasteiger partial charge in [-0.3, -0.25) is 0 Å². The molecule has 98 valence electrons. The monoisotopic (exact) mass is 261 g/mol. The average Bonchev–Trinajstić information content (AvgIpc) is 2.46. The van der Waals surface area contributed by atoms with Crippen LogP contribution in [0.5, 0.6) is 12.0 Å². The third-order valence-electron chi connectivity index (χ3n) is 2.36. The molecule has 0 saturated carbocycles. The van der Waals surface area contributed by atoms with Gasteiger partial charge in [-0.2, -0.15) is 9.97 Å². The van der Waals surface area contributed by atoms with Crippen molar-refractivity contribution in [2.24, 2.45) is 0 Å². The van der Waals surface area contributed by atoms with Gasteiger partial charge in [-0.25, -0.2) is 4.79 Å². The molecule has 7 nitrogen and oxygen atoms in total. The van der Waals surface area contributed by atoms with Crippen molar-refractivity contribution >= 4 is 5.97 Å². The number of aromatic nitrogens is 3. The van der Waals surface area contributed by atoms with E-state index < -0.39 is 5.97 Å². The molecule has 1 aromatic carbocycles. The summed E-state index contributed by atoms with van der Waals surface area (Å²) in [6, 6.07) is 6.52. The molecular formula is C12H11N3O4. The zero-order chi connectivity index (χ0) is 13.8. The molecule has 1 heterocycles. The Morgan fingerprint density at radius 1 is 1.05 bits per heavy atom. The van der Waals surface area contributed by atoms with Crippen LogP contribution in [0.25, 0.3) is 11.4 Å². The number of nitrogens with zero attached hydrogens (tertiary/aromatic N) is 3. The molecule has 0 unspecified atom stereocenters. The van der Waals surface area contributed by atoms with Gasteiger partial charge in [0.2, 0.25) is 0 Å². The van der Waals surface area contributed by atoms with Crippen molar-refractivity contribution in [3.8, 4) is 23.4 Å². The molecule has 2 aromatic rings. The molecule has 7 heteroatoms. The van der Waals surface area contributed by atoms with Crippen molar-refractivity contribution in [1.29, 1.82) is 0 Å². The Labute approximate surface area is 108 Å². The SMILES string of the molecule is COc1nc(OC)nc(-c2ccccc2C(=O)O)n1. The zero-order valence-corrected chi connectivity index (χ0v) is 10.3. The minimum atomic E-state index is -1.06. The predicted molar refractivity (Wildman–Crippen MR) is 65.3 cm³/mol. The predicted octanol–water partition coefficient (Wildman–Crippen LogP) is 1.25. The quantitative estimate of drug-likeness (QED) is 0.884. The van der Waals surface area contributed by atoms with Crippen molar-refractivity contribution < 1.29 is 19.4 Å². The highest BCUT2D eigenvalue weighted by molar-refractivity contribution is 5.94. The van der Waals surface area contributed by atoms with E-state index in [-0.39, 0.29) is 23.4 Å². The lowest BCUT2D eigenvalue weighted by Crippen LogP contribution is -2.04. The van der Waals surface area contributed by atoms with Gasteiger partial charge in [-0.1, -0.05) is 18.2 Å². The van der Waals surface area contributed by atoms with Crippen LogP contribution in [0, 0.1) is 0 Å². The van der Waals surface area contributed by atoms with Gasteiger partial charge in [0.1, 0.15) is 0 Å². The molecule has 0 saturated heterocycles. The van der Waals surface area contributed by atoms with Gasteiger partial charge < -0.3 is 14.6 Å². The Balaban J connectivity index is 2.61. The van der Waals surface area contributed by atoms with Crippen LogP contribution in [0.1, 0.15) is 10.4 Å². The number of methoxy groups -OCH3 is 2. The molecule has 0 fully saturated rings. The molecule has 0 spiro atoms. The van der Waals surface area contributed by atoms with E-state index in [1.54, 1.807) is 18.2 Å². The Bertz CT molecular complexity index is 593. The van der Waals surface area contributed by atoms with Gasteiger partial charge in [-0.05, 0) is 6.07 Å². The summed E-state index contributed by atoms with van der Waals surface area (Å²) in [5, 5.41) is 9.15. The second-order valence-corrected chi connectivity index (χ2v) is 3.48. The zero-order valence-electron chi connectivity index (χ0n) is 10.3. The largest absolute Gasteiger partial charge is 0.478 e. The molecule has 0 aliphatic carbocycles. The van der Waals surface area contributed by atoms with E-state index in [0.29, 0.717) is 5.56 Å². The van der Waals surface area contributed by atoms with Crippen LogP contribution in [0.2, 0.25) is 0 Å². The van der Waals surface area contributed by atoms with E-state index >= 15 is 0 Å². The van der Waals surface area contributed by atoms with Gasteiger partial charge >= 0.3 is 18.0 Å². The van der Waals surface area contributed by atoms with Gasteiger partial charge in [0.25, 0.3) is 0 Å². The molecule has 2 rings (SSSR count). The summed E-state index contributed by atoms with van der Waals surface area (Å²) >= 11 is 0. The molecule has 19 heavy (non-hydrogen) atoms. The number of carboxylic acid groups (broad SMARTS) is 1. The van der Waals surface area contributed by atoms with Crippen molar-refractivity contribution in [3.63, 3.8) is 0 Å². The third kappa shape index (κ3) is 2.59. The maximum atomic E-state index is 11.2. The molecule has 0 amide bonds. The normalized spacial score (nSPS) is 10.0. The first-order valence-electron chi connectivity index (χ1n) is 5.32. The topological polar surface area (TPSA) is 94.4 Å². The van der Waals surface area contributed by atoms with E-state index in [2.05, 4.69) is 15.0 Å². The second-order valence-electron chi connectivity index (χ2n) is 3.48. The number of hydrogen-bond acceptors (Lipinski definition) is 6. The molecule has 0 aliphatic rings. The number of carboxylic acids is 1. The van der Waals surface area contributed by atoms with Gasteiger partial charge in [0.15, 0.2) is 5.82 Å². The summed E-state index contributed by atoms with van der Waals surface area (Å²) in [6.07, 6.45) is 0. The van der Waals surface area contributed by atoms with Crippen molar-refractivity contribution in [3.05, 3.63) is 29.8 Å². The number of ether oxygens (including phenoxy) is 2. The summed E-state index contributed by atoms with van der Waals surface area (Å²) in [4.78, 5) is 23.1. The molecule has 0 bridgehead atoms. The van der Waals surface area contributed by atoms with Crippen LogP contribution in [0.4, 0.5) is 0 Å². The fourth-order valence-electron chi connectivity index (χ4n) is 1.51. The van der Waals surface area contributed by atoms with Crippen molar-refractivity contribution in [2.45, 2.75) is 0 Å². The number of carbonyl (C=O) groups is 1. The van der Waals surface area contributed by atoms with E-state index in [1.807, 2.05) is 0 Å². The summed E-state index contributed by atoms with van der Waals surface area (Å²) in [5.74, 6) is -0.879. The molecular weight excluding hydrogens is 250 g/mol. The molecule has 0 atom stereocenters. The minimum absolute atomic E-state index is 0.0574. The average molecular weight is 261 g/mol. The first kappa shape index (κ1) is 12.7. The molecule has 1 aromatic heterocycles. The van der Waals surface area contributed by atoms with E-state index in [4.69, 9.17) is 14.6 Å². The number of hydrogen-bond donors (Lipinski definition) is 1. The number of benzene rings is 1. The van der Waals surface area contributed by atoms with Gasteiger partial charge in [0, 0.05) is 5.56 Å². The maximum Gasteiger partial charge on any atom is 0.336 e. The maximum absolute atomic E-state index is 11.2. The highest BCUT2D eigenvalue weighted by Crippen LogP contribution is 2.23. The minimum Gasteiger partial charge on any atom is -0.478 e. The first-order valence-corrected chi connectivity index (χ1v) is 5.32. The van der Waals surface area contributed by atoms with Crippen LogP contribution in [0.15, 0.2) is 24.3 Å². The summed E-state index contributed by atoms with van der Waals surface area (Å²) in [5.41, 5.74) is 0.465. The smallest absolute Gasteiger partial charge is 0.336 e. The fraction of sp³-hybridized carbons (Fsp3) is 0.167. The highest BCUT2D eigenvalue weighted by Gasteiger charge is 2.16. The van der Waals surface area contributed by atoms with E-state index in [0.717, 1.165) is 0 Å². The highest BCUT2D eigenvalue weighted by atomic mass is 16.5. The van der Waals surface area contributed by atoms with Crippen LogP contribution in [0.3, 0.4) is 0 Å². The third-order valence-corrected chi connectivity index (χ3v) is 2.36. The lowest BCUT2D eigenvalue weighted by atomic mass is 10.1. The van der Waals surface area contributed by atoms with Crippen molar-refractivity contribution in [1.82, 2.24) is 15.0 Å². The van der Waals surface area contributed by atoms with Gasteiger partial charge in [-0.15, -0.1) is 4.98 Å². The molecule has 0 aliphatic heterocycles.